The van der Waals surface area contributed by atoms with Crippen LogP contribution in [0.15, 0.2) is 28.8 Å². The van der Waals surface area contributed by atoms with Crippen LogP contribution in [0.25, 0.3) is 0 Å². The molecule has 120 valence electrons. The van der Waals surface area contributed by atoms with Gasteiger partial charge in [0.05, 0.1) is 16.8 Å². The normalized spacial score (nSPS) is 13.7. The average molecular weight is 314 g/mol. The Balaban J connectivity index is 1.58. The van der Waals surface area contributed by atoms with Crippen LogP contribution in [0.2, 0.25) is 0 Å². The molecule has 3 rings (SSSR count). The SMILES string of the molecule is Cc1noc(C)c1COC(=O)c1ccc(NC(=O)C2CC2)cc1. The number of carbonyl (C=O) groups excluding carboxylic acids is 2. The molecule has 0 spiro atoms. The van der Waals surface area contributed by atoms with Gasteiger partial charge in [0.25, 0.3) is 0 Å². The first-order valence-corrected chi connectivity index (χ1v) is 7.54. The first-order valence-electron chi connectivity index (χ1n) is 7.54. The van der Waals surface area contributed by atoms with Gasteiger partial charge in [-0.25, -0.2) is 4.79 Å². The van der Waals surface area contributed by atoms with E-state index in [1.807, 2.05) is 0 Å². The van der Waals surface area contributed by atoms with Crippen LogP contribution in [0.1, 0.15) is 40.2 Å². The molecule has 1 aliphatic rings. The number of benzene rings is 1. The molecule has 0 saturated heterocycles. The van der Waals surface area contributed by atoms with Gasteiger partial charge in [0.15, 0.2) is 0 Å². The maximum absolute atomic E-state index is 12.1. The summed E-state index contributed by atoms with van der Waals surface area (Å²) in [5.74, 6) is 0.409. The zero-order valence-corrected chi connectivity index (χ0v) is 13.1. The fourth-order valence-electron chi connectivity index (χ4n) is 2.21. The van der Waals surface area contributed by atoms with Crippen molar-refractivity contribution < 1.29 is 18.8 Å². The van der Waals surface area contributed by atoms with Crippen molar-refractivity contribution in [2.75, 3.05) is 5.32 Å². The van der Waals surface area contributed by atoms with Gasteiger partial charge in [0, 0.05) is 11.6 Å². The Bertz CT molecular complexity index is 710. The van der Waals surface area contributed by atoms with Crippen LogP contribution in [0, 0.1) is 19.8 Å². The lowest BCUT2D eigenvalue weighted by molar-refractivity contribution is -0.117. The van der Waals surface area contributed by atoms with Crippen LogP contribution in [0.5, 0.6) is 0 Å². The number of esters is 1. The summed E-state index contributed by atoms with van der Waals surface area (Å²) in [6.07, 6.45) is 1.91. The quantitative estimate of drug-likeness (QED) is 0.858. The van der Waals surface area contributed by atoms with Crippen molar-refractivity contribution in [3.63, 3.8) is 0 Å². The van der Waals surface area contributed by atoms with Gasteiger partial charge >= 0.3 is 5.97 Å². The van der Waals surface area contributed by atoms with E-state index in [0.29, 0.717) is 22.7 Å². The van der Waals surface area contributed by atoms with E-state index >= 15 is 0 Å². The standard InChI is InChI=1S/C17H18N2O4/c1-10-15(11(2)23-19-10)9-22-17(21)13-5-7-14(8-6-13)18-16(20)12-3-4-12/h5-8,12H,3-4,9H2,1-2H3,(H,18,20). The summed E-state index contributed by atoms with van der Waals surface area (Å²) in [6.45, 7) is 3.71. The number of amides is 1. The Morgan fingerprint density at radius 3 is 2.52 bits per heavy atom. The van der Waals surface area contributed by atoms with Gasteiger partial charge in [-0.1, -0.05) is 5.16 Å². The van der Waals surface area contributed by atoms with Crippen molar-refractivity contribution in [2.45, 2.75) is 33.3 Å². The minimum atomic E-state index is -0.426. The van der Waals surface area contributed by atoms with E-state index in [1.165, 1.54) is 0 Å². The summed E-state index contributed by atoms with van der Waals surface area (Å²) in [4.78, 5) is 23.7. The monoisotopic (exact) mass is 314 g/mol. The molecule has 0 radical (unpaired) electrons. The highest BCUT2D eigenvalue weighted by Gasteiger charge is 2.29. The number of hydrogen-bond donors (Lipinski definition) is 1. The van der Waals surface area contributed by atoms with Gasteiger partial charge in [-0.15, -0.1) is 0 Å². The second kappa shape index (κ2) is 6.24. The first-order chi connectivity index (χ1) is 11.0. The van der Waals surface area contributed by atoms with E-state index in [-0.39, 0.29) is 18.4 Å². The van der Waals surface area contributed by atoms with Gasteiger partial charge < -0.3 is 14.6 Å². The molecule has 0 aliphatic heterocycles. The third kappa shape index (κ3) is 3.59. The van der Waals surface area contributed by atoms with Crippen LogP contribution in [0.4, 0.5) is 5.69 Å². The molecule has 2 aromatic rings. The van der Waals surface area contributed by atoms with Gasteiger partial charge in [0.1, 0.15) is 12.4 Å². The lowest BCUT2D eigenvalue weighted by Gasteiger charge is -2.07. The number of aromatic nitrogens is 1. The van der Waals surface area contributed by atoms with Crippen molar-refractivity contribution in [2.24, 2.45) is 5.92 Å². The molecule has 1 amide bonds. The molecule has 1 N–H and O–H groups in total. The minimum absolute atomic E-state index is 0.0405. The zero-order valence-electron chi connectivity index (χ0n) is 13.1. The molecule has 23 heavy (non-hydrogen) atoms. The van der Waals surface area contributed by atoms with Crippen LogP contribution in [0.3, 0.4) is 0 Å². The average Bonchev–Trinajstić information content (AvgIpc) is 3.34. The first kappa shape index (κ1) is 15.3. The predicted octanol–water partition coefficient (Wildman–Crippen LogP) is 3.00. The number of anilines is 1. The van der Waals surface area contributed by atoms with Crippen LogP contribution >= 0.6 is 0 Å². The van der Waals surface area contributed by atoms with E-state index in [9.17, 15) is 9.59 Å². The van der Waals surface area contributed by atoms with Crippen molar-refractivity contribution in [1.82, 2.24) is 5.16 Å². The molecular weight excluding hydrogens is 296 g/mol. The van der Waals surface area contributed by atoms with Crippen molar-refractivity contribution in [3.8, 4) is 0 Å². The van der Waals surface area contributed by atoms with E-state index < -0.39 is 5.97 Å². The maximum atomic E-state index is 12.1. The molecule has 1 aromatic heterocycles. The number of hydrogen-bond acceptors (Lipinski definition) is 5. The molecule has 1 aliphatic carbocycles. The highest BCUT2D eigenvalue weighted by Crippen LogP contribution is 2.30. The number of ether oxygens (including phenoxy) is 1. The molecule has 0 unspecified atom stereocenters. The van der Waals surface area contributed by atoms with E-state index in [2.05, 4.69) is 10.5 Å². The Morgan fingerprint density at radius 1 is 1.26 bits per heavy atom. The lowest BCUT2D eigenvalue weighted by Crippen LogP contribution is -2.13. The van der Waals surface area contributed by atoms with Crippen LogP contribution in [-0.2, 0) is 16.1 Å². The third-order valence-corrected chi connectivity index (χ3v) is 3.87. The summed E-state index contributed by atoms with van der Waals surface area (Å²) in [6, 6.07) is 6.68. The molecular formula is C17H18N2O4. The third-order valence-electron chi connectivity index (χ3n) is 3.87. The van der Waals surface area contributed by atoms with Crippen LogP contribution < -0.4 is 5.32 Å². The molecule has 0 bridgehead atoms. The van der Waals surface area contributed by atoms with E-state index in [4.69, 9.17) is 9.26 Å². The number of nitrogens with one attached hydrogen (secondary N) is 1. The van der Waals surface area contributed by atoms with E-state index in [1.54, 1.807) is 38.1 Å². The fourth-order valence-corrected chi connectivity index (χ4v) is 2.21. The van der Waals surface area contributed by atoms with Crippen molar-refractivity contribution >= 4 is 17.6 Å². The highest BCUT2D eigenvalue weighted by atomic mass is 16.5. The lowest BCUT2D eigenvalue weighted by atomic mass is 10.2. The number of carbonyl (C=O) groups is 2. The summed E-state index contributed by atoms with van der Waals surface area (Å²) in [5.41, 5.74) is 2.62. The van der Waals surface area contributed by atoms with Gasteiger partial charge in [0.2, 0.25) is 5.91 Å². The number of rotatable bonds is 5. The smallest absolute Gasteiger partial charge is 0.338 e. The summed E-state index contributed by atoms with van der Waals surface area (Å²) in [5, 5.41) is 6.65. The van der Waals surface area contributed by atoms with Crippen LogP contribution in [-0.4, -0.2) is 17.0 Å². The van der Waals surface area contributed by atoms with Gasteiger partial charge in [-0.3, -0.25) is 4.79 Å². The van der Waals surface area contributed by atoms with Gasteiger partial charge in [-0.2, -0.15) is 0 Å². The summed E-state index contributed by atoms with van der Waals surface area (Å²) in [7, 11) is 0. The molecule has 0 atom stereocenters. The fraction of sp³-hybridized carbons (Fsp3) is 0.353. The minimum Gasteiger partial charge on any atom is -0.457 e. The Labute approximate surface area is 133 Å². The molecule has 6 heteroatoms. The number of aryl methyl sites for hydroxylation is 2. The number of nitrogens with zero attached hydrogens (tertiary/aromatic N) is 1. The molecule has 1 heterocycles. The second-order valence-corrected chi connectivity index (χ2v) is 5.72. The molecule has 1 aromatic carbocycles. The summed E-state index contributed by atoms with van der Waals surface area (Å²) >= 11 is 0. The largest absolute Gasteiger partial charge is 0.457 e. The predicted molar refractivity (Wildman–Crippen MR) is 82.9 cm³/mol. The molecule has 6 nitrogen and oxygen atoms in total. The topological polar surface area (TPSA) is 81.4 Å². The second-order valence-electron chi connectivity index (χ2n) is 5.72. The maximum Gasteiger partial charge on any atom is 0.338 e. The Hall–Kier alpha value is -2.63. The van der Waals surface area contributed by atoms with Crippen molar-refractivity contribution in [3.05, 3.63) is 46.8 Å². The Kier molecular flexibility index (Phi) is 4.14. The van der Waals surface area contributed by atoms with Gasteiger partial charge in [-0.05, 0) is 51.0 Å². The van der Waals surface area contributed by atoms with E-state index in [0.717, 1.165) is 18.4 Å². The zero-order chi connectivity index (χ0) is 16.4. The molecule has 1 fully saturated rings. The summed E-state index contributed by atoms with van der Waals surface area (Å²) < 4.78 is 10.3. The highest BCUT2D eigenvalue weighted by molar-refractivity contribution is 5.95. The van der Waals surface area contributed by atoms with Crippen molar-refractivity contribution in [1.29, 1.82) is 0 Å². The molecule has 1 saturated carbocycles. The Morgan fingerprint density at radius 2 is 1.96 bits per heavy atom.